The second-order valence-electron chi connectivity index (χ2n) is 6.91. The molecule has 0 amide bonds. The van der Waals surface area contributed by atoms with Crippen molar-refractivity contribution >= 4 is 23.0 Å². The number of nitrogens with zero attached hydrogens (tertiary/aromatic N) is 3. The third-order valence-corrected chi connectivity index (χ3v) is 5.51. The van der Waals surface area contributed by atoms with Crippen molar-refractivity contribution in [3.63, 3.8) is 0 Å². The van der Waals surface area contributed by atoms with Crippen LogP contribution in [0.5, 0.6) is 5.75 Å². The van der Waals surface area contributed by atoms with Crippen LogP contribution < -0.4 is 15.0 Å². The smallest absolute Gasteiger partial charge is 0.169 e. The van der Waals surface area contributed by atoms with E-state index >= 15 is 0 Å². The number of rotatable bonds is 7. The quantitative estimate of drug-likeness (QED) is 0.560. The van der Waals surface area contributed by atoms with Crippen molar-refractivity contribution in [2.24, 2.45) is 0 Å². The van der Waals surface area contributed by atoms with E-state index < -0.39 is 0 Å². The lowest BCUT2D eigenvalue weighted by Crippen LogP contribution is -2.52. The highest BCUT2D eigenvalue weighted by molar-refractivity contribution is 7.80. The fourth-order valence-corrected chi connectivity index (χ4v) is 3.87. The Bertz CT molecular complexity index is 587. The summed E-state index contributed by atoms with van der Waals surface area (Å²) in [4.78, 5) is 7.13. The number of benzene rings is 1. The van der Waals surface area contributed by atoms with Crippen LogP contribution in [0.4, 0.5) is 5.69 Å². The fourth-order valence-electron chi connectivity index (χ4n) is 3.58. The van der Waals surface area contributed by atoms with Crippen molar-refractivity contribution in [2.75, 3.05) is 77.1 Å². The van der Waals surface area contributed by atoms with Gasteiger partial charge in [0.1, 0.15) is 5.75 Å². The zero-order valence-electron chi connectivity index (χ0n) is 16.4. The molecule has 0 atom stereocenters. The first-order valence-electron chi connectivity index (χ1n) is 10.1. The van der Waals surface area contributed by atoms with Crippen LogP contribution in [-0.4, -0.2) is 87.1 Å². The SMILES string of the molecule is CCOc1ccccc1N1CCN(C(=S)NCCCN2CCOCC2)CC1. The average molecular weight is 393 g/mol. The predicted octanol–water partition coefficient (Wildman–Crippen LogP) is 1.80. The summed E-state index contributed by atoms with van der Waals surface area (Å²) in [5, 5.41) is 4.32. The standard InChI is InChI=1S/C20H32N4O2S/c1-2-26-19-7-4-3-6-18(19)23-10-12-24(13-11-23)20(27)21-8-5-9-22-14-16-25-17-15-22/h3-4,6-7H,2,5,8-17H2,1H3,(H,21,27). The third-order valence-electron chi connectivity index (χ3n) is 5.10. The molecule has 6 nitrogen and oxygen atoms in total. The Morgan fingerprint density at radius 1 is 1.11 bits per heavy atom. The molecular weight excluding hydrogens is 360 g/mol. The molecule has 0 aromatic heterocycles. The first kappa shape index (κ1) is 20.2. The van der Waals surface area contributed by atoms with E-state index in [4.69, 9.17) is 21.7 Å². The van der Waals surface area contributed by atoms with Crippen molar-refractivity contribution in [1.82, 2.24) is 15.1 Å². The lowest BCUT2D eigenvalue weighted by molar-refractivity contribution is 0.0376. The number of para-hydroxylation sites is 2. The molecule has 2 fully saturated rings. The van der Waals surface area contributed by atoms with E-state index in [1.54, 1.807) is 0 Å². The summed E-state index contributed by atoms with van der Waals surface area (Å²) in [6.45, 7) is 12.4. The number of ether oxygens (including phenoxy) is 2. The van der Waals surface area contributed by atoms with Gasteiger partial charge in [-0.15, -0.1) is 0 Å². The summed E-state index contributed by atoms with van der Waals surface area (Å²) in [6, 6.07) is 8.29. The molecule has 2 aliphatic rings. The highest BCUT2D eigenvalue weighted by Gasteiger charge is 2.21. The maximum atomic E-state index is 5.77. The summed E-state index contributed by atoms with van der Waals surface area (Å²) < 4.78 is 11.2. The Labute approximate surface area is 168 Å². The molecule has 27 heavy (non-hydrogen) atoms. The van der Waals surface area contributed by atoms with Gasteiger partial charge in [0.2, 0.25) is 0 Å². The summed E-state index contributed by atoms with van der Waals surface area (Å²) in [6.07, 6.45) is 1.11. The molecule has 0 saturated carbocycles. The van der Waals surface area contributed by atoms with Gasteiger partial charge in [-0.2, -0.15) is 0 Å². The number of thiocarbonyl (C=S) groups is 1. The van der Waals surface area contributed by atoms with Crippen LogP contribution in [0.15, 0.2) is 24.3 Å². The van der Waals surface area contributed by atoms with Crippen molar-refractivity contribution in [3.8, 4) is 5.75 Å². The molecule has 7 heteroatoms. The Balaban J connectivity index is 1.37. The number of anilines is 1. The highest BCUT2D eigenvalue weighted by Crippen LogP contribution is 2.28. The van der Waals surface area contributed by atoms with E-state index in [1.807, 2.05) is 19.1 Å². The Morgan fingerprint density at radius 3 is 2.59 bits per heavy atom. The van der Waals surface area contributed by atoms with Crippen LogP contribution in [0.3, 0.4) is 0 Å². The zero-order valence-corrected chi connectivity index (χ0v) is 17.2. The second-order valence-corrected chi connectivity index (χ2v) is 7.30. The maximum Gasteiger partial charge on any atom is 0.169 e. The Hall–Kier alpha value is -1.57. The topological polar surface area (TPSA) is 40.2 Å². The van der Waals surface area contributed by atoms with Gasteiger partial charge in [-0.1, -0.05) is 12.1 Å². The molecule has 1 aromatic carbocycles. The highest BCUT2D eigenvalue weighted by atomic mass is 32.1. The van der Waals surface area contributed by atoms with E-state index in [2.05, 4.69) is 32.1 Å². The van der Waals surface area contributed by atoms with Crippen LogP contribution in [0.25, 0.3) is 0 Å². The van der Waals surface area contributed by atoms with Crippen LogP contribution in [0, 0.1) is 0 Å². The van der Waals surface area contributed by atoms with Gasteiger partial charge in [-0.05, 0) is 44.2 Å². The first-order valence-corrected chi connectivity index (χ1v) is 10.5. The number of hydrogen-bond acceptors (Lipinski definition) is 5. The minimum absolute atomic E-state index is 0.690. The lowest BCUT2D eigenvalue weighted by atomic mass is 10.2. The largest absolute Gasteiger partial charge is 0.492 e. The van der Waals surface area contributed by atoms with Crippen molar-refractivity contribution in [3.05, 3.63) is 24.3 Å². The molecule has 2 heterocycles. The molecule has 0 bridgehead atoms. The minimum Gasteiger partial charge on any atom is -0.492 e. The summed E-state index contributed by atoms with van der Waals surface area (Å²) >= 11 is 5.60. The number of nitrogens with one attached hydrogen (secondary N) is 1. The molecule has 3 rings (SSSR count). The van der Waals surface area contributed by atoms with E-state index in [0.29, 0.717) is 6.61 Å². The molecular formula is C20H32N4O2S. The van der Waals surface area contributed by atoms with Gasteiger partial charge in [0.05, 0.1) is 25.5 Å². The lowest BCUT2D eigenvalue weighted by Gasteiger charge is -2.38. The summed E-state index contributed by atoms with van der Waals surface area (Å²) in [7, 11) is 0. The van der Waals surface area contributed by atoms with Gasteiger partial charge >= 0.3 is 0 Å². The van der Waals surface area contributed by atoms with Crippen LogP contribution in [0.2, 0.25) is 0 Å². The van der Waals surface area contributed by atoms with Crippen molar-refractivity contribution < 1.29 is 9.47 Å². The number of hydrogen-bond donors (Lipinski definition) is 1. The van der Waals surface area contributed by atoms with Crippen molar-refractivity contribution in [2.45, 2.75) is 13.3 Å². The Kier molecular flexibility index (Phi) is 7.98. The maximum absolute atomic E-state index is 5.77. The molecule has 0 aliphatic carbocycles. The number of piperazine rings is 1. The second kappa shape index (κ2) is 10.7. The number of morpholine rings is 1. The van der Waals surface area contributed by atoms with E-state index in [1.165, 1.54) is 5.69 Å². The molecule has 2 saturated heterocycles. The fraction of sp³-hybridized carbons (Fsp3) is 0.650. The molecule has 0 spiro atoms. The van der Waals surface area contributed by atoms with Gasteiger partial charge in [-0.3, -0.25) is 4.90 Å². The van der Waals surface area contributed by atoms with Gasteiger partial charge in [-0.25, -0.2) is 0 Å². The zero-order chi connectivity index (χ0) is 18.9. The van der Waals surface area contributed by atoms with E-state index in [9.17, 15) is 0 Å². The van der Waals surface area contributed by atoms with Crippen molar-refractivity contribution in [1.29, 1.82) is 0 Å². The van der Waals surface area contributed by atoms with Crippen LogP contribution in [-0.2, 0) is 4.74 Å². The van der Waals surface area contributed by atoms with Gasteiger partial charge in [0.15, 0.2) is 5.11 Å². The minimum atomic E-state index is 0.690. The summed E-state index contributed by atoms with van der Waals surface area (Å²) in [5.74, 6) is 0.970. The molecule has 0 unspecified atom stereocenters. The van der Waals surface area contributed by atoms with Gasteiger partial charge in [0.25, 0.3) is 0 Å². The predicted molar refractivity (Wildman–Crippen MR) is 114 cm³/mol. The van der Waals surface area contributed by atoms with Crippen LogP contribution in [0.1, 0.15) is 13.3 Å². The van der Waals surface area contributed by atoms with Gasteiger partial charge in [0, 0.05) is 45.8 Å². The molecule has 0 radical (unpaired) electrons. The van der Waals surface area contributed by atoms with E-state index in [0.717, 1.165) is 82.9 Å². The average Bonchev–Trinajstić information content (AvgIpc) is 2.73. The summed E-state index contributed by atoms with van der Waals surface area (Å²) in [5.41, 5.74) is 1.18. The molecule has 2 aliphatic heterocycles. The van der Waals surface area contributed by atoms with Crippen LogP contribution >= 0.6 is 12.2 Å². The van der Waals surface area contributed by atoms with E-state index in [-0.39, 0.29) is 0 Å². The third kappa shape index (κ3) is 5.96. The molecule has 1 N–H and O–H groups in total. The molecule has 1 aromatic rings. The first-order chi connectivity index (χ1) is 13.3. The monoisotopic (exact) mass is 392 g/mol. The normalized spacial score (nSPS) is 18.4. The molecule has 150 valence electrons. The van der Waals surface area contributed by atoms with Gasteiger partial charge < -0.3 is 24.6 Å². The Morgan fingerprint density at radius 2 is 1.85 bits per heavy atom.